The van der Waals surface area contributed by atoms with Crippen LogP contribution in [-0.2, 0) is 19.1 Å². The normalized spacial score (nSPS) is 20.0. The van der Waals surface area contributed by atoms with E-state index in [9.17, 15) is 19.2 Å². The molecule has 9 nitrogen and oxygen atoms in total. The first-order chi connectivity index (χ1) is 16.4. The standard InChI is InChI=1S/C23H31ClN4O5.C2H6/c1-15-13-16(5-6-17(15)24)27-9-11-28(12-10-27)18(29)7-8-23(20(31)25-21(32)26-23)14-19(30)33-22(2,3)4;1-2/h5-6,13H,7-12,14H2,1-4H3,(H2,25,26,31,32);1-2H3. The number of nitrogens with one attached hydrogen (secondary N) is 2. The Morgan fingerprint density at radius 3 is 2.26 bits per heavy atom. The molecule has 2 aliphatic rings. The maximum absolute atomic E-state index is 12.9. The quantitative estimate of drug-likeness (QED) is 0.450. The molecule has 4 amide bonds. The highest BCUT2D eigenvalue weighted by atomic mass is 35.5. The predicted octanol–water partition coefficient (Wildman–Crippen LogP) is 3.41. The SMILES string of the molecule is CC.Cc1cc(N2CCN(C(=O)CCC3(CC(=O)OC(C)(C)C)NC(=O)NC3=O)CC2)ccc1Cl. The Morgan fingerprint density at radius 1 is 1.11 bits per heavy atom. The summed E-state index contributed by atoms with van der Waals surface area (Å²) < 4.78 is 5.32. The van der Waals surface area contributed by atoms with Crippen molar-refractivity contribution < 1.29 is 23.9 Å². The summed E-state index contributed by atoms with van der Waals surface area (Å²) in [6.07, 6.45) is -0.297. The second kappa shape index (κ2) is 11.7. The van der Waals surface area contributed by atoms with Crippen LogP contribution in [0.3, 0.4) is 0 Å². The van der Waals surface area contributed by atoms with Crippen molar-refractivity contribution in [2.75, 3.05) is 31.1 Å². The van der Waals surface area contributed by atoms with Crippen molar-refractivity contribution in [3.8, 4) is 0 Å². The molecule has 2 saturated heterocycles. The van der Waals surface area contributed by atoms with Crippen molar-refractivity contribution >= 4 is 41.1 Å². The summed E-state index contributed by atoms with van der Waals surface area (Å²) in [7, 11) is 0. The van der Waals surface area contributed by atoms with E-state index in [1.165, 1.54) is 0 Å². The molecule has 0 aliphatic carbocycles. The molecule has 0 saturated carbocycles. The van der Waals surface area contributed by atoms with Crippen molar-refractivity contribution in [3.63, 3.8) is 0 Å². The number of amides is 4. The van der Waals surface area contributed by atoms with Gasteiger partial charge in [0.15, 0.2) is 0 Å². The minimum atomic E-state index is -1.49. The van der Waals surface area contributed by atoms with Crippen LogP contribution < -0.4 is 15.5 Å². The van der Waals surface area contributed by atoms with Gasteiger partial charge in [-0.2, -0.15) is 0 Å². The van der Waals surface area contributed by atoms with Crippen LogP contribution in [-0.4, -0.2) is 66.0 Å². The first-order valence-electron chi connectivity index (χ1n) is 12.0. The lowest BCUT2D eigenvalue weighted by Crippen LogP contribution is -2.52. The van der Waals surface area contributed by atoms with Gasteiger partial charge in [-0.25, -0.2) is 4.79 Å². The number of nitrogens with zero attached hydrogens (tertiary/aromatic N) is 2. The molecular weight excluding hydrogens is 472 g/mol. The Kier molecular flexibility index (Phi) is 9.54. The fraction of sp³-hybridized carbons (Fsp3) is 0.600. The molecule has 35 heavy (non-hydrogen) atoms. The largest absolute Gasteiger partial charge is 0.460 e. The van der Waals surface area contributed by atoms with E-state index in [1.807, 2.05) is 39.0 Å². The molecule has 0 aromatic heterocycles. The van der Waals surface area contributed by atoms with Gasteiger partial charge in [-0.1, -0.05) is 25.4 Å². The molecule has 2 aliphatic heterocycles. The molecule has 1 unspecified atom stereocenters. The number of imide groups is 1. The molecule has 0 spiro atoms. The molecule has 10 heteroatoms. The minimum absolute atomic E-state index is 0.0131. The zero-order valence-electron chi connectivity index (χ0n) is 21.5. The van der Waals surface area contributed by atoms with E-state index in [-0.39, 0.29) is 25.2 Å². The van der Waals surface area contributed by atoms with Gasteiger partial charge in [-0.05, 0) is 57.9 Å². The summed E-state index contributed by atoms with van der Waals surface area (Å²) in [5.41, 5.74) is -0.154. The van der Waals surface area contributed by atoms with Crippen molar-refractivity contribution in [1.82, 2.24) is 15.5 Å². The second-order valence-electron chi connectivity index (χ2n) is 9.55. The molecule has 1 aromatic rings. The highest BCUT2D eigenvalue weighted by molar-refractivity contribution is 6.31. The van der Waals surface area contributed by atoms with Gasteiger partial charge in [-0.3, -0.25) is 19.7 Å². The number of carbonyl (C=O) groups is 4. The fourth-order valence-corrected chi connectivity index (χ4v) is 4.18. The Morgan fingerprint density at radius 2 is 1.74 bits per heavy atom. The monoisotopic (exact) mass is 508 g/mol. The van der Waals surface area contributed by atoms with Crippen LogP contribution >= 0.6 is 11.6 Å². The van der Waals surface area contributed by atoms with E-state index in [0.717, 1.165) is 16.3 Å². The van der Waals surface area contributed by atoms with Gasteiger partial charge in [0.05, 0.1) is 6.42 Å². The van der Waals surface area contributed by atoms with Gasteiger partial charge >= 0.3 is 12.0 Å². The number of piperazine rings is 1. The van der Waals surface area contributed by atoms with Crippen molar-refractivity contribution in [2.24, 2.45) is 0 Å². The van der Waals surface area contributed by atoms with E-state index in [0.29, 0.717) is 26.2 Å². The summed E-state index contributed by atoms with van der Waals surface area (Å²) in [6.45, 7) is 13.5. The Balaban J connectivity index is 0.00000210. The van der Waals surface area contributed by atoms with E-state index < -0.39 is 29.0 Å². The van der Waals surface area contributed by atoms with Crippen LogP contribution in [0.1, 0.15) is 59.4 Å². The summed E-state index contributed by atoms with van der Waals surface area (Å²) in [4.78, 5) is 53.5. The number of halogens is 1. The number of rotatable bonds is 6. The van der Waals surface area contributed by atoms with E-state index in [1.54, 1.807) is 25.7 Å². The number of benzene rings is 1. The summed E-state index contributed by atoms with van der Waals surface area (Å²) >= 11 is 6.11. The average Bonchev–Trinajstić information content (AvgIpc) is 3.06. The van der Waals surface area contributed by atoms with Crippen LogP contribution in [0.5, 0.6) is 0 Å². The lowest BCUT2D eigenvalue weighted by atomic mass is 9.89. The lowest BCUT2D eigenvalue weighted by Gasteiger charge is -2.37. The van der Waals surface area contributed by atoms with Crippen molar-refractivity contribution in [2.45, 2.75) is 71.9 Å². The van der Waals surface area contributed by atoms with Gasteiger partial charge in [0.1, 0.15) is 11.1 Å². The third kappa shape index (κ3) is 7.59. The number of ether oxygens (including phenoxy) is 1. The average molecular weight is 509 g/mol. The molecule has 0 radical (unpaired) electrons. The fourth-order valence-electron chi connectivity index (χ4n) is 4.06. The number of urea groups is 1. The zero-order valence-corrected chi connectivity index (χ0v) is 22.3. The Bertz CT molecular complexity index is 954. The highest BCUT2D eigenvalue weighted by Gasteiger charge is 2.48. The summed E-state index contributed by atoms with van der Waals surface area (Å²) in [6, 6.07) is 5.19. The molecule has 1 aromatic carbocycles. The van der Waals surface area contributed by atoms with Gasteiger partial charge in [0, 0.05) is 43.3 Å². The number of anilines is 1. The van der Waals surface area contributed by atoms with Crippen LogP contribution in [0, 0.1) is 6.92 Å². The molecule has 1 atom stereocenters. The third-order valence-electron chi connectivity index (χ3n) is 5.79. The molecule has 0 bridgehead atoms. The predicted molar refractivity (Wildman–Crippen MR) is 135 cm³/mol. The van der Waals surface area contributed by atoms with Crippen LogP contribution in [0.15, 0.2) is 18.2 Å². The van der Waals surface area contributed by atoms with Gasteiger partial charge in [0.25, 0.3) is 5.91 Å². The maximum atomic E-state index is 12.9. The van der Waals surface area contributed by atoms with Gasteiger partial charge in [0.2, 0.25) is 5.91 Å². The Labute approximate surface area is 212 Å². The smallest absolute Gasteiger partial charge is 0.322 e. The number of hydrogen-bond donors (Lipinski definition) is 2. The second-order valence-corrected chi connectivity index (χ2v) is 9.96. The molecule has 194 valence electrons. The first-order valence-corrected chi connectivity index (χ1v) is 12.4. The van der Waals surface area contributed by atoms with Gasteiger partial charge in [-0.15, -0.1) is 0 Å². The molecule has 2 heterocycles. The molecular formula is C25H37ClN4O5. The number of esters is 1. The van der Waals surface area contributed by atoms with Crippen molar-refractivity contribution in [1.29, 1.82) is 0 Å². The Hall–Kier alpha value is -2.81. The zero-order chi connectivity index (χ0) is 26.4. The van der Waals surface area contributed by atoms with E-state index in [2.05, 4.69) is 15.5 Å². The first kappa shape index (κ1) is 28.4. The highest BCUT2D eigenvalue weighted by Crippen LogP contribution is 2.26. The minimum Gasteiger partial charge on any atom is -0.460 e. The van der Waals surface area contributed by atoms with Crippen LogP contribution in [0.2, 0.25) is 5.02 Å². The lowest BCUT2D eigenvalue weighted by molar-refractivity contribution is -0.158. The molecule has 2 N–H and O–H groups in total. The topological polar surface area (TPSA) is 108 Å². The van der Waals surface area contributed by atoms with Crippen LogP contribution in [0.4, 0.5) is 10.5 Å². The summed E-state index contributed by atoms with van der Waals surface area (Å²) in [5, 5.41) is 5.43. The number of carbonyl (C=O) groups excluding carboxylic acids is 4. The molecule has 2 fully saturated rings. The number of aryl methyl sites for hydroxylation is 1. The maximum Gasteiger partial charge on any atom is 0.322 e. The van der Waals surface area contributed by atoms with Gasteiger partial charge < -0.3 is 19.9 Å². The number of hydrogen-bond acceptors (Lipinski definition) is 6. The molecule has 3 rings (SSSR count). The van der Waals surface area contributed by atoms with Crippen molar-refractivity contribution in [3.05, 3.63) is 28.8 Å². The third-order valence-corrected chi connectivity index (χ3v) is 6.21. The van der Waals surface area contributed by atoms with E-state index >= 15 is 0 Å². The summed E-state index contributed by atoms with van der Waals surface area (Å²) in [5.74, 6) is -1.35. The van der Waals surface area contributed by atoms with Crippen LogP contribution in [0.25, 0.3) is 0 Å². The van der Waals surface area contributed by atoms with E-state index in [4.69, 9.17) is 16.3 Å².